The van der Waals surface area contributed by atoms with Crippen LogP contribution in [0.5, 0.6) is 0 Å². The zero-order chi connectivity index (χ0) is 13.9. The molecule has 1 atom stereocenters. The number of H-pyrrole nitrogens is 1. The van der Waals surface area contributed by atoms with E-state index in [0.29, 0.717) is 0 Å². The Morgan fingerprint density at radius 3 is 2.45 bits per heavy atom. The maximum atomic E-state index is 6.19. The van der Waals surface area contributed by atoms with Crippen molar-refractivity contribution in [1.29, 1.82) is 0 Å². The Morgan fingerprint density at radius 2 is 1.70 bits per heavy atom. The van der Waals surface area contributed by atoms with Gasteiger partial charge >= 0.3 is 0 Å². The minimum Gasteiger partial charge on any atom is -0.354 e. The quantitative estimate of drug-likeness (QED) is 0.731. The van der Waals surface area contributed by atoms with E-state index in [1.807, 2.05) is 6.07 Å². The summed E-state index contributed by atoms with van der Waals surface area (Å²) in [6.45, 7) is 2.14. The van der Waals surface area contributed by atoms with Crippen LogP contribution in [0.1, 0.15) is 18.9 Å². The second-order valence-corrected chi connectivity index (χ2v) is 5.26. The second kappa shape index (κ2) is 5.51. The normalized spacial score (nSPS) is 12.7. The average molecular weight is 264 g/mol. The molecule has 3 aromatic rings. The average Bonchev–Trinajstić information content (AvgIpc) is 2.87. The molecule has 0 radical (unpaired) electrons. The van der Waals surface area contributed by atoms with Crippen molar-refractivity contribution in [3.8, 4) is 11.3 Å². The zero-order valence-corrected chi connectivity index (χ0v) is 11.8. The van der Waals surface area contributed by atoms with Gasteiger partial charge in [0.15, 0.2) is 0 Å². The minimum atomic E-state index is 0.205. The summed E-state index contributed by atoms with van der Waals surface area (Å²) in [6.07, 6.45) is 1.90. The molecular formula is C18H20N2. The summed E-state index contributed by atoms with van der Waals surface area (Å²) in [4.78, 5) is 3.55. The number of nitrogens with one attached hydrogen (secondary N) is 1. The van der Waals surface area contributed by atoms with E-state index in [0.717, 1.165) is 12.8 Å². The molecule has 0 saturated carbocycles. The lowest BCUT2D eigenvalue weighted by Gasteiger charge is -2.10. The number of benzene rings is 2. The van der Waals surface area contributed by atoms with Crippen LogP contribution in [0.25, 0.3) is 22.2 Å². The van der Waals surface area contributed by atoms with Crippen molar-refractivity contribution in [2.24, 2.45) is 5.73 Å². The molecule has 3 N–H and O–H groups in total. The number of hydrogen-bond acceptors (Lipinski definition) is 1. The fourth-order valence-electron chi connectivity index (χ4n) is 2.67. The molecule has 0 fully saturated rings. The first-order valence-electron chi connectivity index (χ1n) is 7.20. The van der Waals surface area contributed by atoms with Crippen molar-refractivity contribution in [3.05, 3.63) is 60.2 Å². The van der Waals surface area contributed by atoms with Crippen LogP contribution < -0.4 is 5.73 Å². The Morgan fingerprint density at radius 1 is 1.00 bits per heavy atom. The van der Waals surface area contributed by atoms with Gasteiger partial charge in [0.25, 0.3) is 0 Å². The van der Waals surface area contributed by atoms with Crippen molar-refractivity contribution in [2.75, 3.05) is 0 Å². The summed E-state index contributed by atoms with van der Waals surface area (Å²) in [7, 11) is 0. The van der Waals surface area contributed by atoms with Gasteiger partial charge in [-0.3, -0.25) is 0 Å². The Bertz CT molecular complexity index is 698. The first-order valence-corrected chi connectivity index (χ1v) is 7.20. The molecule has 0 aliphatic rings. The molecule has 0 spiro atoms. The van der Waals surface area contributed by atoms with E-state index in [9.17, 15) is 0 Å². The third-order valence-electron chi connectivity index (χ3n) is 3.87. The molecular weight excluding hydrogens is 244 g/mol. The number of nitrogens with two attached hydrogens (primary N) is 1. The van der Waals surface area contributed by atoms with Gasteiger partial charge in [-0.05, 0) is 30.0 Å². The second-order valence-electron chi connectivity index (χ2n) is 5.26. The molecule has 0 amide bonds. The standard InChI is InChI=1S/C18H20N2/c1-2-14(19)12-16-15-10-6-7-11-17(15)20-18(16)13-8-4-3-5-9-13/h3-11,14,20H,2,12,19H2,1H3. The van der Waals surface area contributed by atoms with E-state index in [1.165, 1.54) is 27.7 Å². The van der Waals surface area contributed by atoms with Crippen LogP contribution in [0.2, 0.25) is 0 Å². The number of fused-ring (bicyclic) bond motifs is 1. The molecule has 3 rings (SSSR count). The summed E-state index contributed by atoms with van der Waals surface area (Å²) >= 11 is 0. The maximum absolute atomic E-state index is 6.19. The highest BCUT2D eigenvalue weighted by molar-refractivity contribution is 5.90. The van der Waals surface area contributed by atoms with Gasteiger partial charge in [-0.2, -0.15) is 0 Å². The Balaban J connectivity index is 2.17. The van der Waals surface area contributed by atoms with Crippen molar-refractivity contribution in [3.63, 3.8) is 0 Å². The van der Waals surface area contributed by atoms with Gasteiger partial charge in [-0.15, -0.1) is 0 Å². The van der Waals surface area contributed by atoms with Gasteiger partial charge in [0.2, 0.25) is 0 Å². The van der Waals surface area contributed by atoms with Crippen molar-refractivity contribution in [1.82, 2.24) is 4.98 Å². The predicted molar refractivity (Wildman–Crippen MR) is 85.7 cm³/mol. The van der Waals surface area contributed by atoms with E-state index in [4.69, 9.17) is 5.73 Å². The molecule has 1 aromatic heterocycles. The number of para-hydroxylation sites is 1. The first kappa shape index (κ1) is 12.9. The van der Waals surface area contributed by atoms with Crippen LogP contribution in [0.15, 0.2) is 54.6 Å². The summed E-state index contributed by atoms with van der Waals surface area (Å²) in [5, 5.41) is 1.29. The lowest BCUT2D eigenvalue weighted by Crippen LogP contribution is -2.21. The van der Waals surface area contributed by atoms with Crippen LogP contribution >= 0.6 is 0 Å². The molecule has 0 aliphatic carbocycles. The van der Waals surface area contributed by atoms with Crippen LogP contribution in [-0.4, -0.2) is 11.0 Å². The Kier molecular flexibility index (Phi) is 3.57. The third-order valence-corrected chi connectivity index (χ3v) is 3.87. The molecule has 2 heteroatoms. The van der Waals surface area contributed by atoms with Crippen molar-refractivity contribution in [2.45, 2.75) is 25.8 Å². The molecule has 2 aromatic carbocycles. The van der Waals surface area contributed by atoms with Crippen LogP contribution in [0.4, 0.5) is 0 Å². The largest absolute Gasteiger partial charge is 0.354 e. The summed E-state index contributed by atoms with van der Waals surface area (Å²) in [5.74, 6) is 0. The van der Waals surface area contributed by atoms with Crippen molar-refractivity contribution >= 4 is 10.9 Å². The van der Waals surface area contributed by atoms with Gasteiger partial charge < -0.3 is 10.7 Å². The summed E-state index contributed by atoms with van der Waals surface area (Å²) in [6, 6.07) is 19.1. The van der Waals surface area contributed by atoms with E-state index in [1.54, 1.807) is 0 Å². The number of rotatable bonds is 4. The fraction of sp³-hybridized carbons (Fsp3) is 0.222. The van der Waals surface area contributed by atoms with E-state index < -0.39 is 0 Å². The first-order chi connectivity index (χ1) is 9.79. The van der Waals surface area contributed by atoms with Crippen LogP contribution in [-0.2, 0) is 6.42 Å². The maximum Gasteiger partial charge on any atom is 0.0497 e. The highest BCUT2D eigenvalue weighted by Gasteiger charge is 2.14. The molecule has 2 nitrogen and oxygen atoms in total. The summed E-state index contributed by atoms with van der Waals surface area (Å²) < 4.78 is 0. The number of aromatic nitrogens is 1. The highest BCUT2D eigenvalue weighted by Crippen LogP contribution is 2.31. The lowest BCUT2D eigenvalue weighted by atomic mass is 9.98. The van der Waals surface area contributed by atoms with Crippen LogP contribution in [0.3, 0.4) is 0 Å². The van der Waals surface area contributed by atoms with Gasteiger partial charge in [-0.1, -0.05) is 55.5 Å². The topological polar surface area (TPSA) is 41.8 Å². The monoisotopic (exact) mass is 264 g/mol. The zero-order valence-electron chi connectivity index (χ0n) is 11.8. The van der Waals surface area contributed by atoms with E-state index in [2.05, 4.69) is 60.4 Å². The van der Waals surface area contributed by atoms with Gasteiger partial charge in [0.1, 0.15) is 0 Å². The van der Waals surface area contributed by atoms with Crippen molar-refractivity contribution < 1.29 is 0 Å². The fourth-order valence-corrected chi connectivity index (χ4v) is 2.67. The smallest absolute Gasteiger partial charge is 0.0497 e. The molecule has 1 heterocycles. The molecule has 102 valence electrons. The van der Waals surface area contributed by atoms with E-state index in [-0.39, 0.29) is 6.04 Å². The van der Waals surface area contributed by atoms with Gasteiger partial charge in [0.05, 0.1) is 0 Å². The highest BCUT2D eigenvalue weighted by atomic mass is 14.7. The molecule has 20 heavy (non-hydrogen) atoms. The molecule has 0 saturated heterocycles. The summed E-state index contributed by atoms with van der Waals surface area (Å²) in [5.41, 5.74) is 11.1. The van der Waals surface area contributed by atoms with Gasteiger partial charge in [-0.25, -0.2) is 0 Å². The lowest BCUT2D eigenvalue weighted by molar-refractivity contribution is 0.649. The molecule has 0 aliphatic heterocycles. The third kappa shape index (κ3) is 2.35. The Labute approximate surface area is 119 Å². The number of hydrogen-bond donors (Lipinski definition) is 2. The number of aromatic amines is 1. The molecule has 0 bridgehead atoms. The predicted octanol–water partition coefficient (Wildman–Crippen LogP) is 4.11. The van der Waals surface area contributed by atoms with Gasteiger partial charge in [0, 0.05) is 22.6 Å². The minimum absolute atomic E-state index is 0.205. The van der Waals surface area contributed by atoms with Crippen LogP contribution in [0, 0.1) is 0 Å². The molecule has 1 unspecified atom stereocenters. The SMILES string of the molecule is CCC(N)Cc1c(-c2ccccc2)[nH]c2ccccc12. The van der Waals surface area contributed by atoms with E-state index >= 15 is 0 Å². The Hall–Kier alpha value is -2.06.